The standard InChI is InChI=1S/C19H26N4/c1-21-12-17(19(20-21)16-8-4-2-5-9-16)13-22-14-18(15-22)23-10-6-3-7-11-23/h2,4-5,8-9,12,18H,3,6-7,10-11,13-15H2,1H3. The number of aryl methyl sites for hydroxylation is 1. The molecule has 122 valence electrons. The van der Waals surface area contributed by atoms with E-state index >= 15 is 0 Å². The Bertz CT molecular complexity index is 637. The fraction of sp³-hybridized carbons (Fsp3) is 0.526. The lowest BCUT2D eigenvalue weighted by atomic mass is 10.0. The molecule has 0 spiro atoms. The molecule has 2 saturated heterocycles. The molecule has 0 saturated carbocycles. The van der Waals surface area contributed by atoms with Gasteiger partial charge in [-0.3, -0.25) is 14.5 Å². The molecule has 2 aliphatic rings. The predicted molar refractivity (Wildman–Crippen MR) is 93.1 cm³/mol. The van der Waals surface area contributed by atoms with Crippen molar-refractivity contribution in [1.82, 2.24) is 19.6 Å². The highest BCUT2D eigenvalue weighted by Crippen LogP contribution is 2.26. The van der Waals surface area contributed by atoms with Crippen LogP contribution in [-0.4, -0.2) is 51.8 Å². The third kappa shape index (κ3) is 3.19. The van der Waals surface area contributed by atoms with Gasteiger partial charge in [-0.2, -0.15) is 5.10 Å². The Hall–Kier alpha value is -1.65. The van der Waals surface area contributed by atoms with E-state index in [1.54, 1.807) is 0 Å². The van der Waals surface area contributed by atoms with E-state index in [4.69, 9.17) is 0 Å². The minimum atomic E-state index is 0.784. The summed E-state index contributed by atoms with van der Waals surface area (Å²) < 4.78 is 1.94. The van der Waals surface area contributed by atoms with E-state index in [-0.39, 0.29) is 0 Å². The molecule has 0 bridgehead atoms. The first-order valence-corrected chi connectivity index (χ1v) is 8.84. The van der Waals surface area contributed by atoms with Gasteiger partial charge in [-0.25, -0.2) is 0 Å². The quantitative estimate of drug-likeness (QED) is 0.868. The summed E-state index contributed by atoms with van der Waals surface area (Å²) >= 11 is 0. The van der Waals surface area contributed by atoms with Crippen molar-refractivity contribution in [3.05, 3.63) is 42.1 Å². The van der Waals surface area contributed by atoms with E-state index in [1.807, 2.05) is 11.7 Å². The van der Waals surface area contributed by atoms with Crippen molar-refractivity contribution in [2.24, 2.45) is 7.05 Å². The van der Waals surface area contributed by atoms with Gasteiger partial charge in [0.2, 0.25) is 0 Å². The summed E-state index contributed by atoms with van der Waals surface area (Å²) in [6, 6.07) is 11.3. The van der Waals surface area contributed by atoms with Crippen molar-refractivity contribution in [3.63, 3.8) is 0 Å². The molecular formula is C19H26N4. The number of likely N-dealkylation sites (tertiary alicyclic amines) is 2. The minimum absolute atomic E-state index is 0.784. The maximum atomic E-state index is 4.68. The first-order chi connectivity index (χ1) is 11.3. The van der Waals surface area contributed by atoms with E-state index in [0.29, 0.717) is 0 Å². The second kappa shape index (κ2) is 6.46. The molecule has 1 aromatic heterocycles. The van der Waals surface area contributed by atoms with Gasteiger partial charge in [-0.15, -0.1) is 0 Å². The largest absolute Gasteiger partial charge is 0.298 e. The van der Waals surface area contributed by atoms with Crippen molar-refractivity contribution < 1.29 is 0 Å². The minimum Gasteiger partial charge on any atom is -0.298 e. The monoisotopic (exact) mass is 310 g/mol. The normalized spacial score (nSPS) is 20.6. The highest BCUT2D eigenvalue weighted by molar-refractivity contribution is 5.62. The maximum absolute atomic E-state index is 4.68. The molecule has 0 N–H and O–H groups in total. The molecule has 1 aromatic carbocycles. The number of aromatic nitrogens is 2. The van der Waals surface area contributed by atoms with E-state index in [0.717, 1.165) is 18.3 Å². The fourth-order valence-corrected chi connectivity index (χ4v) is 3.92. The molecule has 2 aliphatic heterocycles. The second-order valence-electron chi connectivity index (χ2n) is 6.99. The smallest absolute Gasteiger partial charge is 0.0968 e. The molecule has 0 aliphatic carbocycles. The first kappa shape index (κ1) is 14.9. The average Bonchev–Trinajstić information content (AvgIpc) is 2.93. The second-order valence-corrected chi connectivity index (χ2v) is 6.99. The van der Waals surface area contributed by atoms with Crippen LogP contribution < -0.4 is 0 Å². The molecule has 0 atom stereocenters. The Morgan fingerprint density at radius 3 is 2.52 bits per heavy atom. The van der Waals surface area contributed by atoms with E-state index in [9.17, 15) is 0 Å². The maximum Gasteiger partial charge on any atom is 0.0968 e. The Kier molecular flexibility index (Phi) is 4.19. The molecule has 0 radical (unpaired) electrons. The van der Waals surface area contributed by atoms with Crippen molar-refractivity contribution in [1.29, 1.82) is 0 Å². The molecule has 4 nitrogen and oxygen atoms in total. The summed E-state index contributed by atoms with van der Waals surface area (Å²) in [7, 11) is 2.02. The third-order valence-corrected chi connectivity index (χ3v) is 5.19. The predicted octanol–water partition coefficient (Wildman–Crippen LogP) is 2.76. The summed E-state index contributed by atoms with van der Waals surface area (Å²) in [5.74, 6) is 0. The van der Waals surface area contributed by atoms with Crippen LogP contribution in [0.5, 0.6) is 0 Å². The highest BCUT2D eigenvalue weighted by atomic mass is 15.3. The van der Waals surface area contributed by atoms with Crippen LogP contribution in [0.2, 0.25) is 0 Å². The van der Waals surface area contributed by atoms with Crippen molar-refractivity contribution in [2.45, 2.75) is 31.8 Å². The van der Waals surface area contributed by atoms with Crippen molar-refractivity contribution in [3.8, 4) is 11.3 Å². The van der Waals surface area contributed by atoms with Gasteiger partial charge in [0.05, 0.1) is 5.69 Å². The van der Waals surface area contributed by atoms with Gasteiger partial charge in [-0.1, -0.05) is 36.8 Å². The number of hydrogen-bond donors (Lipinski definition) is 0. The van der Waals surface area contributed by atoms with E-state index in [2.05, 4.69) is 51.4 Å². The van der Waals surface area contributed by atoms with Crippen LogP contribution in [0.15, 0.2) is 36.5 Å². The van der Waals surface area contributed by atoms with Gasteiger partial charge < -0.3 is 0 Å². The number of piperidine rings is 1. The van der Waals surface area contributed by atoms with E-state index < -0.39 is 0 Å². The lowest BCUT2D eigenvalue weighted by molar-refractivity contribution is 0.0186. The third-order valence-electron chi connectivity index (χ3n) is 5.19. The topological polar surface area (TPSA) is 24.3 Å². The molecule has 3 heterocycles. The molecule has 0 unspecified atom stereocenters. The summed E-state index contributed by atoms with van der Waals surface area (Å²) in [5, 5.41) is 4.68. The number of rotatable bonds is 4. The zero-order valence-corrected chi connectivity index (χ0v) is 14.0. The molecule has 2 fully saturated rings. The summed E-state index contributed by atoms with van der Waals surface area (Å²) in [6.07, 6.45) is 6.37. The van der Waals surface area contributed by atoms with Crippen LogP contribution in [0.25, 0.3) is 11.3 Å². The van der Waals surface area contributed by atoms with E-state index in [1.165, 1.54) is 56.6 Å². The van der Waals surface area contributed by atoms with Crippen LogP contribution in [0.3, 0.4) is 0 Å². The molecule has 4 rings (SSSR count). The lowest BCUT2D eigenvalue weighted by Crippen LogP contribution is -2.59. The molecule has 0 amide bonds. The molecule has 4 heteroatoms. The first-order valence-electron chi connectivity index (χ1n) is 8.84. The van der Waals surface area contributed by atoms with Crippen LogP contribution >= 0.6 is 0 Å². The van der Waals surface area contributed by atoms with Crippen LogP contribution in [0.4, 0.5) is 0 Å². The molecule has 23 heavy (non-hydrogen) atoms. The Morgan fingerprint density at radius 1 is 1.04 bits per heavy atom. The van der Waals surface area contributed by atoms with Gasteiger partial charge in [0, 0.05) is 50.0 Å². The zero-order valence-electron chi connectivity index (χ0n) is 14.0. The van der Waals surface area contributed by atoms with Gasteiger partial charge in [0.25, 0.3) is 0 Å². The Labute approximate surface area is 138 Å². The summed E-state index contributed by atoms with van der Waals surface area (Å²) in [5.41, 5.74) is 3.70. The van der Waals surface area contributed by atoms with Gasteiger partial charge in [-0.05, 0) is 25.9 Å². The van der Waals surface area contributed by atoms with Crippen LogP contribution in [0, 0.1) is 0 Å². The summed E-state index contributed by atoms with van der Waals surface area (Å²) in [4.78, 5) is 5.25. The average molecular weight is 310 g/mol. The highest BCUT2D eigenvalue weighted by Gasteiger charge is 2.32. The van der Waals surface area contributed by atoms with Crippen LogP contribution in [0.1, 0.15) is 24.8 Å². The number of nitrogens with zero attached hydrogens (tertiary/aromatic N) is 4. The fourth-order valence-electron chi connectivity index (χ4n) is 3.92. The number of hydrogen-bond acceptors (Lipinski definition) is 3. The lowest BCUT2D eigenvalue weighted by Gasteiger charge is -2.46. The van der Waals surface area contributed by atoms with Gasteiger partial charge in [0.15, 0.2) is 0 Å². The Balaban J connectivity index is 1.41. The zero-order chi connectivity index (χ0) is 15.6. The number of benzene rings is 1. The summed E-state index contributed by atoms with van der Waals surface area (Å²) in [6.45, 7) is 6.05. The Morgan fingerprint density at radius 2 is 1.78 bits per heavy atom. The van der Waals surface area contributed by atoms with Crippen molar-refractivity contribution in [2.75, 3.05) is 26.2 Å². The van der Waals surface area contributed by atoms with Crippen molar-refractivity contribution >= 4 is 0 Å². The molecular weight excluding hydrogens is 284 g/mol. The van der Waals surface area contributed by atoms with Gasteiger partial charge >= 0.3 is 0 Å². The molecule has 2 aromatic rings. The SMILES string of the molecule is Cn1cc(CN2CC(N3CCCCC3)C2)c(-c2ccccc2)n1. The van der Waals surface area contributed by atoms with Crippen LogP contribution in [-0.2, 0) is 13.6 Å². The van der Waals surface area contributed by atoms with Gasteiger partial charge in [0.1, 0.15) is 0 Å².